The van der Waals surface area contributed by atoms with Crippen molar-refractivity contribution in [3.05, 3.63) is 30.3 Å². The standard InChI is InChI=1S/C14H23NO/c1-3-4-8-11-14(2,12-16)15-13-9-6-5-7-10-13/h5-7,9-10,15-16H,3-4,8,11-12H2,1-2H3. The van der Waals surface area contributed by atoms with Crippen LogP contribution in [-0.4, -0.2) is 17.3 Å². The molecule has 0 heterocycles. The van der Waals surface area contributed by atoms with Crippen molar-refractivity contribution in [1.29, 1.82) is 0 Å². The summed E-state index contributed by atoms with van der Waals surface area (Å²) in [6, 6.07) is 10.1. The Bertz CT molecular complexity index is 286. The van der Waals surface area contributed by atoms with Crippen LogP contribution >= 0.6 is 0 Å². The zero-order chi connectivity index (χ0) is 11.9. The first-order valence-electron chi connectivity index (χ1n) is 6.14. The van der Waals surface area contributed by atoms with Crippen LogP contribution in [0.1, 0.15) is 39.5 Å². The van der Waals surface area contributed by atoms with Crippen LogP contribution < -0.4 is 5.32 Å². The molecule has 0 aliphatic carbocycles. The number of anilines is 1. The maximum atomic E-state index is 9.48. The van der Waals surface area contributed by atoms with E-state index < -0.39 is 0 Å². The van der Waals surface area contributed by atoms with Gasteiger partial charge in [-0.3, -0.25) is 0 Å². The van der Waals surface area contributed by atoms with Gasteiger partial charge in [-0.15, -0.1) is 0 Å². The lowest BCUT2D eigenvalue weighted by atomic mass is 9.95. The smallest absolute Gasteiger partial charge is 0.0658 e. The third kappa shape index (κ3) is 4.23. The molecule has 2 N–H and O–H groups in total. The third-order valence-electron chi connectivity index (χ3n) is 2.90. The largest absolute Gasteiger partial charge is 0.394 e. The van der Waals surface area contributed by atoms with Crippen molar-refractivity contribution in [2.24, 2.45) is 0 Å². The van der Waals surface area contributed by atoms with Gasteiger partial charge in [-0.05, 0) is 25.5 Å². The summed E-state index contributed by atoms with van der Waals surface area (Å²) in [5, 5.41) is 12.9. The molecule has 1 aromatic rings. The second-order valence-corrected chi connectivity index (χ2v) is 4.67. The van der Waals surface area contributed by atoms with Crippen LogP contribution in [0.4, 0.5) is 5.69 Å². The normalized spacial score (nSPS) is 14.4. The second kappa shape index (κ2) is 6.54. The van der Waals surface area contributed by atoms with Crippen LogP contribution in [0.2, 0.25) is 0 Å². The molecular formula is C14H23NO. The predicted octanol–water partition coefficient (Wildman–Crippen LogP) is 3.43. The van der Waals surface area contributed by atoms with E-state index in [1.54, 1.807) is 0 Å². The van der Waals surface area contributed by atoms with Crippen molar-refractivity contribution in [1.82, 2.24) is 0 Å². The van der Waals surface area contributed by atoms with Gasteiger partial charge in [0.05, 0.1) is 12.1 Å². The van der Waals surface area contributed by atoms with Gasteiger partial charge in [0, 0.05) is 5.69 Å². The monoisotopic (exact) mass is 221 g/mol. The maximum absolute atomic E-state index is 9.48. The van der Waals surface area contributed by atoms with Crippen molar-refractivity contribution in [2.45, 2.75) is 45.1 Å². The molecule has 0 saturated heterocycles. The summed E-state index contributed by atoms with van der Waals surface area (Å²) in [4.78, 5) is 0. The van der Waals surface area contributed by atoms with Gasteiger partial charge in [-0.2, -0.15) is 0 Å². The fraction of sp³-hybridized carbons (Fsp3) is 0.571. The van der Waals surface area contributed by atoms with Crippen LogP contribution in [0.15, 0.2) is 30.3 Å². The minimum Gasteiger partial charge on any atom is -0.394 e. The first-order chi connectivity index (χ1) is 7.70. The Kier molecular flexibility index (Phi) is 5.33. The van der Waals surface area contributed by atoms with E-state index in [1.807, 2.05) is 30.3 Å². The maximum Gasteiger partial charge on any atom is 0.0658 e. The topological polar surface area (TPSA) is 32.3 Å². The highest BCUT2D eigenvalue weighted by Crippen LogP contribution is 2.20. The number of rotatable bonds is 7. The minimum absolute atomic E-state index is 0.172. The lowest BCUT2D eigenvalue weighted by Gasteiger charge is -2.30. The van der Waals surface area contributed by atoms with Gasteiger partial charge in [0.1, 0.15) is 0 Å². The molecule has 16 heavy (non-hydrogen) atoms. The summed E-state index contributed by atoms with van der Waals surface area (Å²) in [5.74, 6) is 0. The number of unbranched alkanes of at least 4 members (excludes halogenated alkanes) is 2. The molecule has 2 heteroatoms. The van der Waals surface area contributed by atoms with Crippen molar-refractivity contribution >= 4 is 5.69 Å². The zero-order valence-electron chi connectivity index (χ0n) is 10.4. The van der Waals surface area contributed by atoms with E-state index in [1.165, 1.54) is 12.8 Å². The quantitative estimate of drug-likeness (QED) is 0.691. The first-order valence-corrected chi connectivity index (χ1v) is 6.14. The Morgan fingerprint density at radius 3 is 2.44 bits per heavy atom. The molecule has 0 saturated carbocycles. The van der Waals surface area contributed by atoms with Crippen LogP contribution in [-0.2, 0) is 0 Å². The van der Waals surface area contributed by atoms with Crippen molar-refractivity contribution < 1.29 is 5.11 Å². The molecule has 0 amide bonds. The molecule has 1 atom stereocenters. The number of aliphatic hydroxyl groups is 1. The molecule has 0 spiro atoms. The molecule has 0 aliphatic rings. The van der Waals surface area contributed by atoms with Gasteiger partial charge < -0.3 is 10.4 Å². The molecule has 1 rings (SSSR count). The van der Waals surface area contributed by atoms with E-state index in [4.69, 9.17) is 0 Å². The van der Waals surface area contributed by atoms with Gasteiger partial charge in [0.15, 0.2) is 0 Å². The number of aliphatic hydroxyl groups excluding tert-OH is 1. The molecule has 90 valence electrons. The fourth-order valence-electron chi connectivity index (χ4n) is 1.82. The predicted molar refractivity (Wildman–Crippen MR) is 69.7 cm³/mol. The highest BCUT2D eigenvalue weighted by atomic mass is 16.3. The Labute approximate surface area is 98.7 Å². The summed E-state index contributed by atoms with van der Waals surface area (Å²) in [6.45, 7) is 4.45. The Morgan fingerprint density at radius 1 is 1.19 bits per heavy atom. The van der Waals surface area contributed by atoms with Gasteiger partial charge in [-0.1, -0.05) is 44.4 Å². The molecule has 0 fully saturated rings. The van der Waals surface area contributed by atoms with Gasteiger partial charge in [-0.25, -0.2) is 0 Å². The first kappa shape index (κ1) is 13.0. The van der Waals surface area contributed by atoms with Crippen molar-refractivity contribution in [3.8, 4) is 0 Å². The molecule has 0 aromatic heterocycles. The summed E-state index contributed by atoms with van der Waals surface area (Å²) < 4.78 is 0. The second-order valence-electron chi connectivity index (χ2n) is 4.67. The highest BCUT2D eigenvalue weighted by molar-refractivity contribution is 5.44. The summed E-state index contributed by atoms with van der Waals surface area (Å²) in [5.41, 5.74) is 0.881. The summed E-state index contributed by atoms with van der Waals surface area (Å²) in [7, 11) is 0. The number of nitrogens with one attached hydrogen (secondary N) is 1. The van der Waals surface area contributed by atoms with E-state index in [2.05, 4.69) is 19.2 Å². The van der Waals surface area contributed by atoms with Crippen LogP contribution in [0, 0.1) is 0 Å². The molecule has 2 nitrogen and oxygen atoms in total. The number of para-hydroxylation sites is 1. The number of benzene rings is 1. The lowest BCUT2D eigenvalue weighted by Crippen LogP contribution is -2.38. The third-order valence-corrected chi connectivity index (χ3v) is 2.90. The number of hydrogen-bond donors (Lipinski definition) is 2. The lowest BCUT2D eigenvalue weighted by molar-refractivity contribution is 0.212. The van der Waals surface area contributed by atoms with E-state index in [-0.39, 0.29) is 12.1 Å². The molecule has 0 bridgehead atoms. The molecule has 1 unspecified atom stereocenters. The van der Waals surface area contributed by atoms with Crippen molar-refractivity contribution in [2.75, 3.05) is 11.9 Å². The van der Waals surface area contributed by atoms with Crippen LogP contribution in [0.25, 0.3) is 0 Å². The molecule has 0 radical (unpaired) electrons. The van der Waals surface area contributed by atoms with Crippen LogP contribution in [0.3, 0.4) is 0 Å². The average Bonchev–Trinajstić information content (AvgIpc) is 2.31. The minimum atomic E-state index is -0.198. The van der Waals surface area contributed by atoms with E-state index in [0.29, 0.717) is 0 Å². The van der Waals surface area contributed by atoms with Gasteiger partial charge in [0.2, 0.25) is 0 Å². The summed E-state index contributed by atoms with van der Waals surface area (Å²) in [6.07, 6.45) is 4.61. The van der Waals surface area contributed by atoms with Crippen LogP contribution in [0.5, 0.6) is 0 Å². The van der Waals surface area contributed by atoms with Gasteiger partial charge in [0.25, 0.3) is 0 Å². The molecule has 1 aromatic carbocycles. The summed E-state index contributed by atoms with van der Waals surface area (Å²) >= 11 is 0. The Morgan fingerprint density at radius 2 is 1.88 bits per heavy atom. The Hall–Kier alpha value is -1.02. The average molecular weight is 221 g/mol. The highest BCUT2D eigenvalue weighted by Gasteiger charge is 2.21. The fourth-order valence-corrected chi connectivity index (χ4v) is 1.82. The number of hydrogen-bond acceptors (Lipinski definition) is 2. The molecule has 0 aliphatic heterocycles. The Balaban J connectivity index is 2.52. The zero-order valence-corrected chi connectivity index (χ0v) is 10.4. The van der Waals surface area contributed by atoms with E-state index in [9.17, 15) is 5.11 Å². The molecular weight excluding hydrogens is 198 g/mol. The van der Waals surface area contributed by atoms with E-state index >= 15 is 0 Å². The van der Waals surface area contributed by atoms with Gasteiger partial charge >= 0.3 is 0 Å². The van der Waals surface area contributed by atoms with E-state index in [0.717, 1.165) is 18.5 Å². The van der Waals surface area contributed by atoms with Crippen molar-refractivity contribution in [3.63, 3.8) is 0 Å². The SMILES string of the molecule is CCCCCC(C)(CO)Nc1ccccc1.